The molecule has 2 unspecified atom stereocenters. The van der Waals surface area contributed by atoms with Crippen LogP contribution in [0.2, 0.25) is 0 Å². The molecule has 118 valence electrons. The average molecular weight is 295 g/mol. The Labute approximate surface area is 126 Å². The Kier molecular flexibility index (Phi) is 5.22. The molecule has 0 saturated carbocycles. The van der Waals surface area contributed by atoms with Crippen molar-refractivity contribution in [3.05, 3.63) is 29.6 Å². The molecule has 1 aliphatic heterocycles. The quantitative estimate of drug-likeness (QED) is 0.899. The van der Waals surface area contributed by atoms with Gasteiger partial charge in [-0.2, -0.15) is 0 Å². The smallest absolute Gasteiger partial charge is 0.127 e. The van der Waals surface area contributed by atoms with Crippen LogP contribution in [0, 0.1) is 5.82 Å². The molecule has 2 atom stereocenters. The standard InChI is InChI=1S/C17H26FNO2/c1-12-5-6-15(21-12)11-20-16-8-13(7-14(18)9-16)10-19-17(2,3)4/h7-9,12,15,19H,5-6,10-11H2,1-4H3. The number of nitrogens with one attached hydrogen (secondary N) is 1. The predicted octanol–water partition coefficient (Wildman–Crippen LogP) is 3.66. The fourth-order valence-corrected chi connectivity index (χ4v) is 2.37. The maximum Gasteiger partial charge on any atom is 0.127 e. The van der Waals surface area contributed by atoms with Crippen LogP contribution < -0.4 is 10.1 Å². The number of ether oxygens (including phenoxy) is 2. The van der Waals surface area contributed by atoms with Gasteiger partial charge in [0.25, 0.3) is 0 Å². The van der Waals surface area contributed by atoms with Crippen LogP contribution >= 0.6 is 0 Å². The zero-order chi connectivity index (χ0) is 15.5. The summed E-state index contributed by atoms with van der Waals surface area (Å²) in [6.07, 6.45) is 2.50. The lowest BCUT2D eigenvalue weighted by molar-refractivity contribution is 0.0264. The SMILES string of the molecule is CC1CCC(COc2cc(F)cc(CNC(C)(C)C)c2)O1. The minimum Gasteiger partial charge on any atom is -0.491 e. The second-order valence-electron chi connectivity index (χ2n) is 6.86. The molecule has 21 heavy (non-hydrogen) atoms. The fraction of sp³-hybridized carbons (Fsp3) is 0.647. The Bertz CT molecular complexity index is 470. The zero-order valence-corrected chi connectivity index (χ0v) is 13.4. The van der Waals surface area contributed by atoms with Gasteiger partial charge in [0.1, 0.15) is 18.2 Å². The monoisotopic (exact) mass is 295 g/mol. The molecule has 0 radical (unpaired) electrons. The van der Waals surface area contributed by atoms with E-state index in [1.165, 1.54) is 6.07 Å². The van der Waals surface area contributed by atoms with Gasteiger partial charge in [0.2, 0.25) is 0 Å². The molecular formula is C17H26FNO2. The first kappa shape index (κ1) is 16.2. The van der Waals surface area contributed by atoms with Crippen molar-refractivity contribution in [2.45, 2.75) is 64.8 Å². The van der Waals surface area contributed by atoms with Gasteiger partial charge in [-0.05, 0) is 58.2 Å². The summed E-state index contributed by atoms with van der Waals surface area (Å²) >= 11 is 0. The normalized spacial score (nSPS) is 22.5. The molecule has 1 saturated heterocycles. The van der Waals surface area contributed by atoms with Gasteiger partial charge in [-0.3, -0.25) is 0 Å². The van der Waals surface area contributed by atoms with E-state index in [0.717, 1.165) is 18.4 Å². The summed E-state index contributed by atoms with van der Waals surface area (Å²) in [7, 11) is 0. The van der Waals surface area contributed by atoms with Gasteiger partial charge in [0.05, 0.1) is 12.2 Å². The van der Waals surface area contributed by atoms with Gasteiger partial charge < -0.3 is 14.8 Å². The molecule has 1 fully saturated rings. The first-order valence-corrected chi connectivity index (χ1v) is 7.64. The molecule has 0 aliphatic carbocycles. The average Bonchev–Trinajstić information content (AvgIpc) is 2.79. The molecule has 2 rings (SSSR count). The van der Waals surface area contributed by atoms with E-state index in [0.29, 0.717) is 25.0 Å². The Balaban J connectivity index is 1.91. The van der Waals surface area contributed by atoms with Crippen molar-refractivity contribution in [3.8, 4) is 5.75 Å². The maximum absolute atomic E-state index is 13.7. The summed E-state index contributed by atoms with van der Waals surface area (Å²) in [4.78, 5) is 0. The van der Waals surface area contributed by atoms with Crippen LogP contribution in [0.25, 0.3) is 0 Å². The van der Waals surface area contributed by atoms with Crippen molar-refractivity contribution >= 4 is 0 Å². The van der Waals surface area contributed by atoms with Gasteiger partial charge in [-0.15, -0.1) is 0 Å². The Morgan fingerprint density at radius 2 is 2.05 bits per heavy atom. The zero-order valence-electron chi connectivity index (χ0n) is 13.4. The van der Waals surface area contributed by atoms with Crippen molar-refractivity contribution in [2.24, 2.45) is 0 Å². The molecule has 1 aliphatic rings. The van der Waals surface area contributed by atoms with Crippen LogP contribution in [0.5, 0.6) is 5.75 Å². The third kappa shape index (κ3) is 5.64. The van der Waals surface area contributed by atoms with Crippen molar-refractivity contribution < 1.29 is 13.9 Å². The summed E-state index contributed by atoms with van der Waals surface area (Å²) in [6, 6.07) is 4.86. The lowest BCUT2D eigenvalue weighted by Crippen LogP contribution is -2.35. The molecule has 0 aromatic heterocycles. The van der Waals surface area contributed by atoms with Crippen LogP contribution in [-0.4, -0.2) is 24.4 Å². The molecule has 3 nitrogen and oxygen atoms in total. The Hall–Kier alpha value is -1.13. The maximum atomic E-state index is 13.7. The summed E-state index contributed by atoms with van der Waals surface area (Å²) < 4.78 is 25.1. The molecule has 0 amide bonds. The topological polar surface area (TPSA) is 30.5 Å². The van der Waals surface area contributed by atoms with Crippen LogP contribution in [-0.2, 0) is 11.3 Å². The minimum absolute atomic E-state index is 0.00115. The lowest BCUT2D eigenvalue weighted by Gasteiger charge is -2.21. The molecule has 0 bridgehead atoms. The van der Waals surface area contributed by atoms with E-state index in [1.54, 1.807) is 6.07 Å². The van der Waals surface area contributed by atoms with Crippen LogP contribution in [0.3, 0.4) is 0 Å². The highest BCUT2D eigenvalue weighted by molar-refractivity contribution is 5.29. The second-order valence-corrected chi connectivity index (χ2v) is 6.86. The van der Waals surface area contributed by atoms with E-state index < -0.39 is 0 Å². The molecule has 1 aromatic rings. The second kappa shape index (κ2) is 6.75. The van der Waals surface area contributed by atoms with E-state index in [-0.39, 0.29) is 17.5 Å². The molecule has 1 heterocycles. The number of benzene rings is 1. The highest BCUT2D eigenvalue weighted by atomic mass is 19.1. The summed E-state index contributed by atoms with van der Waals surface area (Å²) in [6.45, 7) is 9.43. The van der Waals surface area contributed by atoms with Gasteiger partial charge in [0, 0.05) is 18.2 Å². The van der Waals surface area contributed by atoms with Crippen molar-refractivity contribution in [1.82, 2.24) is 5.32 Å². The van der Waals surface area contributed by atoms with Crippen LogP contribution in [0.4, 0.5) is 4.39 Å². The van der Waals surface area contributed by atoms with Gasteiger partial charge >= 0.3 is 0 Å². The fourth-order valence-electron chi connectivity index (χ4n) is 2.37. The highest BCUT2D eigenvalue weighted by Crippen LogP contribution is 2.22. The predicted molar refractivity (Wildman–Crippen MR) is 82.1 cm³/mol. The molecular weight excluding hydrogens is 269 g/mol. The van der Waals surface area contributed by atoms with E-state index in [2.05, 4.69) is 33.0 Å². The summed E-state index contributed by atoms with van der Waals surface area (Å²) in [5, 5.41) is 3.35. The Morgan fingerprint density at radius 3 is 2.67 bits per heavy atom. The largest absolute Gasteiger partial charge is 0.491 e. The summed E-state index contributed by atoms with van der Waals surface area (Å²) in [5.41, 5.74) is 0.891. The van der Waals surface area contributed by atoms with E-state index in [9.17, 15) is 4.39 Å². The van der Waals surface area contributed by atoms with Crippen molar-refractivity contribution in [2.75, 3.05) is 6.61 Å². The lowest BCUT2D eigenvalue weighted by atomic mass is 10.1. The molecule has 4 heteroatoms. The molecule has 1 aromatic carbocycles. The molecule has 0 spiro atoms. The van der Waals surface area contributed by atoms with Gasteiger partial charge in [0.15, 0.2) is 0 Å². The van der Waals surface area contributed by atoms with Crippen molar-refractivity contribution in [3.63, 3.8) is 0 Å². The number of rotatable bonds is 5. The first-order valence-electron chi connectivity index (χ1n) is 7.64. The van der Waals surface area contributed by atoms with E-state index in [1.807, 2.05) is 6.07 Å². The van der Waals surface area contributed by atoms with Crippen LogP contribution in [0.15, 0.2) is 18.2 Å². The molecule has 1 N–H and O–H groups in total. The minimum atomic E-state index is -0.265. The van der Waals surface area contributed by atoms with Crippen LogP contribution in [0.1, 0.15) is 46.1 Å². The highest BCUT2D eigenvalue weighted by Gasteiger charge is 2.22. The van der Waals surface area contributed by atoms with Gasteiger partial charge in [-0.25, -0.2) is 4.39 Å². The Morgan fingerprint density at radius 1 is 1.29 bits per heavy atom. The number of hydrogen-bond acceptors (Lipinski definition) is 3. The third-order valence-electron chi connectivity index (χ3n) is 3.51. The van der Waals surface area contributed by atoms with E-state index >= 15 is 0 Å². The first-order chi connectivity index (χ1) is 9.82. The third-order valence-corrected chi connectivity index (χ3v) is 3.51. The number of hydrogen-bond donors (Lipinski definition) is 1. The van der Waals surface area contributed by atoms with Gasteiger partial charge in [-0.1, -0.05) is 0 Å². The van der Waals surface area contributed by atoms with Crippen molar-refractivity contribution in [1.29, 1.82) is 0 Å². The van der Waals surface area contributed by atoms with E-state index in [4.69, 9.17) is 9.47 Å². The number of halogens is 1. The summed E-state index contributed by atoms with van der Waals surface area (Å²) in [5.74, 6) is 0.308.